The van der Waals surface area contributed by atoms with Gasteiger partial charge in [-0.15, -0.1) is 0 Å². The topological polar surface area (TPSA) is 67.4 Å². The van der Waals surface area contributed by atoms with Gasteiger partial charge in [0.25, 0.3) is 0 Å². The zero-order chi connectivity index (χ0) is 25.4. The van der Waals surface area contributed by atoms with Crippen LogP contribution in [0, 0.1) is 6.92 Å². The molecule has 1 fully saturated rings. The lowest BCUT2D eigenvalue weighted by molar-refractivity contribution is 0.0870. The van der Waals surface area contributed by atoms with Crippen LogP contribution in [-0.4, -0.2) is 48.1 Å². The van der Waals surface area contributed by atoms with Gasteiger partial charge in [-0.1, -0.05) is 13.0 Å². The van der Waals surface area contributed by atoms with E-state index < -0.39 is 5.67 Å². The number of nitrogens with one attached hydrogen (secondary N) is 1. The van der Waals surface area contributed by atoms with E-state index in [0.29, 0.717) is 17.5 Å². The molecule has 0 bridgehead atoms. The molecule has 0 aliphatic carbocycles. The van der Waals surface area contributed by atoms with Crippen LogP contribution in [0.1, 0.15) is 60.4 Å². The quantitative estimate of drug-likeness (QED) is 0.452. The fraction of sp³-hybridized carbons (Fsp3) is 0.414. The summed E-state index contributed by atoms with van der Waals surface area (Å²) in [6, 6.07) is 11.9. The number of pyridine rings is 2. The molecule has 2 aromatic heterocycles. The fourth-order valence-electron chi connectivity index (χ4n) is 5.16. The molecule has 3 aromatic rings. The van der Waals surface area contributed by atoms with Gasteiger partial charge in [-0.3, -0.25) is 14.8 Å². The van der Waals surface area contributed by atoms with E-state index in [0.717, 1.165) is 54.3 Å². The summed E-state index contributed by atoms with van der Waals surface area (Å²) in [6.07, 6.45) is 4.51. The van der Waals surface area contributed by atoms with Crippen molar-refractivity contribution in [2.45, 2.75) is 51.7 Å². The van der Waals surface area contributed by atoms with Crippen LogP contribution in [-0.2, 0) is 10.4 Å². The second kappa shape index (κ2) is 9.62. The summed E-state index contributed by atoms with van der Waals surface area (Å²) in [5.74, 6) is 0.279. The van der Waals surface area contributed by atoms with E-state index in [1.54, 1.807) is 6.07 Å². The van der Waals surface area contributed by atoms with Crippen LogP contribution in [0.2, 0.25) is 0 Å². The minimum absolute atomic E-state index is 0.105. The van der Waals surface area contributed by atoms with Crippen molar-refractivity contribution in [3.63, 3.8) is 0 Å². The Bertz CT molecular complexity index is 1290. The van der Waals surface area contributed by atoms with Crippen molar-refractivity contribution in [3.05, 3.63) is 71.3 Å². The van der Waals surface area contributed by atoms with E-state index in [1.807, 2.05) is 12.3 Å². The summed E-state index contributed by atoms with van der Waals surface area (Å²) >= 11 is 0. The smallest absolute Gasteiger partial charge is 0.181 e. The van der Waals surface area contributed by atoms with Gasteiger partial charge < -0.3 is 15.0 Å². The molecule has 0 saturated carbocycles. The molecular formula is C29H33FN4O2. The molecular weight excluding hydrogens is 455 g/mol. The molecule has 0 amide bonds. The summed E-state index contributed by atoms with van der Waals surface area (Å²) in [5, 5.41) is 3.24. The van der Waals surface area contributed by atoms with Crippen LogP contribution in [0.15, 0.2) is 48.8 Å². The van der Waals surface area contributed by atoms with Gasteiger partial charge in [-0.2, -0.15) is 0 Å². The van der Waals surface area contributed by atoms with Crippen LogP contribution in [0.5, 0.6) is 0 Å². The van der Waals surface area contributed by atoms with Gasteiger partial charge in [0.15, 0.2) is 5.78 Å². The van der Waals surface area contributed by atoms with Gasteiger partial charge in [0.05, 0.1) is 42.9 Å². The number of anilines is 2. The molecule has 1 N–H and O–H groups in total. The standard InChI is InChI=1S/C29H33FN4O2/c1-18-5-6-22(32-16-26(35)20-7-8-31-27(13-20)29(3,4)30)14-24(18)21-12-25-28(33-15-21)19(2)11-23-17-36-10-9-34(23)25/h5-8,12-15,19,23,32H,9-11,16-17H2,1-4H3. The zero-order valence-corrected chi connectivity index (χ0v) is 21.3. The first-order chi connectivity index (χ1) is 17.2. The van der Waals surface area contributed by atoms with Crippen LogP contribution in [0.25, 0.3) is 11.1 Å². The van der Waals surface area contributed by atoms with Crippen molar-refractivity contribution in [2.24, 2.45) is 0 Å². The molecule has 1 saturated heterocycles. The molecule has 7 heteroatoms. The van der Waals surface area contributed by atoms with Crippen molar-refractivity contribution < 1.29 is 13.9 Å². The van der Waals surface area contributed by atoms with Crippen molar-refractivity contribution >= 4 is 17.2 Å². The number of aromatic nitrogens is 2. The molecule has 36 heavy (non-hydrogen) atoms. The Morgan fingerprint density at radius 2 is 2.06 bits per heavy atom. The second-order valence-corrected chi connectivity index (χ2v) is 10.4. The van der Waals surface area contributed by atoms with Gasteiger partial charge in [-0.05, 0) is 68.7 Å². The summed E-state index contributed by atoms with van der Waals surface area (Å²) in [6.45, 7) is 9.69. The number of alkyl halides is 1. The van der Waals surface area contributed by atoms with Gasteiger partial charge in [0, 0.05) is 41.7 Å². The number of fused-ring (bicyclic) bond motifs is 3. The number of aryl methyl sites for hydroxylation is 1. The number of hydrogen-bond donors (Lipinski definition) is 1. The van der Waals surface area contributed by atoms with E-state index in [2.05, 4.69) is 47.2 Å². The Hall–Kier alpha value is -3.32. The van der Waals surface area contributed by atoms with E-state index in [-0.39, 0.29) is 18.0 Å². The largest absolute Gasteiger partial charge is 0.378 e. The number of carbonyl (C=O) groups is 1. The lowest BCUT2D eigenvalue weighted by Gasteiger charge is -2.43. The molecule has 2 unspecified atom stereocenters. The average molecular weight is 489 g/mol. The Labute approximate surface area is 211 Å². The average Bonchev–Trinajstić information content (AvgIpc) is 2.87. The van der Waals surface area contributed by atoms with Crippen LogP contribution < -0.4 is 10.2 Å². The number of hydrogen-bond acceptors (Lipinski definition) is 6. The van der Waals surface area contributed by atoms with Gasteiger partial charge >= 0.3 is 0 Å². The first-order valence-electron chi connectivity index (χ1n) is 12.6. The summed E-state index contributed by atoms with van der Waals surface area (Å²) in [4.78, 5) is 24.2. The Kier molecular flexibility index (Phi) is 6.51. The highest BCUT2D eigenvalue weighted by atomic mass is 19.1. The number of nitrogens with zero attached hydrogens (tertiary/aromatic N) is 3. The lowest BCUT2D eigenvalue weighted by atomic mass is 9.89. The predicted octanol–water partition coefficient (Wildman–Crippen LogP) is 5.66. The highest BCUT2D eigenvalue weighted by molar-refractivity contribution is 5.99. The number of halogens is 1. The third-order valence-corrected chi connectivity index (χ3v) is 7.22. The Morgan fingerprint density at radius 3 is 2.86 bits per heavy atom. The van der Waals surface area contributed by atoms with Crippen LogP contribution in [0.4, 0.5) is 15.8 Å². The minimum Gasteiger partial charge on any atom is -0.378 e. The third kappa shape index (κ3) is 4.85. The van der Waals surface area contributed by atoms with Gasteiger partial charge in [0.2, 0.25) is 0 Å². The van der Waals surface area contributed by atoms with Crippen molar-refractivity contribution in [1.29, 1.82) is 0 Å². The minimum atomic E-state index is -1.60. The number of morpholine rings is 1. The second-order valence-electron chi connectivity index (χ2n) is 10.4. The zero-order valence-electron chi connectivity index (χ0n) is 21.3. The number of Topliss-reactive ketones (excluding diaryl/α,β-unsaturated/α-hetero) is 1. The third-order valence-electron chi connectivity index (χ3n) is 7.22. The Morgan fingerprint density at radius 1 is 1.22 bits per heavy atom. The molecule has 4 heterocycles. The molecule has 5 rings (SSSR count). The fourth-order valence-corrected chi connectivity index (χ4v) is 5.16. The van der Waals surface area contributed by atoms with Crippen molar-refractivity contribution in [2.75, 3.05) is 36.5 Å². The summed E-state index contributed by atoms with van der Waals surface area (Å²) < 4.78 is 20.0. The summed E-state index contributed by atoms with van der Waals surface area (Å²) in [7, 11) is 0. The van der Waals surface area contributed by atoms with E-state index in [9.17, 15) is 9.18 Å². The SMILES string of the molecule is Cc1ccc(NCC(=O)c2ccnc(C(C)(C)F)c2)cc1-c1cnc2c(c1)N1CCOCC1CC2C. The first kappa shape index (κ1) is 24.4. The van der Waals surface area contributed by atoms with Gasteiger partial charge in [-0.25, -0.2) is 4.39 Å². The van der Waals surface area contributed by atoms with E-state index in [1.165, 1.54) is 31.8 Å². The predicted molar refractivity (Wildman–Crippen MR) is 141 cm³/mol. The van der Waals surface area contributed by atoms with E-state index >= 15 is 0 Å². The van der Waals surface area contributed by atoms with Crippen LogP contribution in [0.3, 0.4) is 0 Å². The Balaban J connectivity index is 1.37. The molecule has 2 aliphatic rings. The summed E-state index contributed by atoms with van der Waals surface area (Å²) in [5.41, 5.74) is 5.58. The number of rotatable bonds is 6. The van der Waals surface area contributed by atoms with E-state index in [4.69, 9.17) is 9.72 Å². The molecule has 0 spiro atoms. The monoisotopic (exact) mass is 488 g/mol. The normalized spacial score (nSPS) is 19.4. The molecule has 1 aromatic carbocycles. The first-order valence-corrected chi connectivity index (χ1v) is 12.6. The van der Waals surface area contributed by atoms with Crippen molar-refractivity contribution in [1.82, 2.24) is 9.97 Å². The van der Waals surface area contributed by atoms with Crippen LogP contribution >= 0.6 is 0 Å². The number of ether oxygens (including phenoxy) is 1. The molecule has 6 nitrogen and oxygen atoms in total. The maximum atomic E-state index is 14.3. The number of carbonyl (C=O) groups excluding carboxylic acids is 1. The van der Waals surface area contributed by atoms with Crippen molar-refractivity contribution in [3.8, 4) is 11.1 Å². The maximum Gasteiger partial charge on any atom is 0.181 e. The maximum absolute atomic E-state index is 14.3. The van der Waals surface area contributed by atoms with Gasteiger partial charge in [0.1, 0.15) is 5.67 Å². The molecule has 0 radical (unpaired) electrons. The number of benzene rings is 1. The molecule has 2 atom stereocenters. The molecule has 2 aliphatic heterocycles. The molecule has 188 valence electrons. The lowest BCUT2D eigenvalue weighted by Crippen LogP contribution is -2.49. The highest BCUT2D eigenvalue weighted by Crippen LogP contribution is 2.40. The highest BCUT2D eigenvalue weighted by Gasteiger charge is 2.33. The number of ketones is 1.